The number of hydrogen-bond donors (Lipinski definition) is 0. The van der Waals surface area contributed by atoms with E-state index in [9.17, 15) is 14.4 Å². The minimum atomic E-state index is -0.198. The van der Waals surface area contributed by atoms with Gasteiger partial charge in [-0.15, -0.1) is 0 Å². The second-order valence-corrected chi connectivity index (χ2v) is 4.61. The molecule has 0 aliphatic heterocycles. The van der Waals surface area contributed by atoms with Crippen LogP contribution >= 0.6 is 0 Å². The number of carbonyl (C=O) groups excluding carboxylic acids is 3. The normalized spacial score (nSPS) is 10.1. The zero-order valence-corrected chi connectivity index (χ0v) is 11.3. The third-order valence-corrected chi connectivity index (χ3v) is 3.04. The molecule has 0 N–H and O–H groups in total. The molecule has 0 fully saturated rings. The van der Waals surface area contributed by atoms with E-state index in [1.165, 1.54) is 32.0 Å². The van der Waals surface area contributed by atoms with Crippen LogP contribution in [0.15, 0.2) is 48.5 Å². The molecular formula is C17H14O3. The molecule has 0 unspecified atom stereocenters. The fourth-order valence-corrected chi connectivity index (χ4v) is 1.92. The Bertz CT molecular complexity index is 652. The average Bonchev–Trinajstić information content (AvgIpc) is 2.46. The van der Waals surface area contributed by atoms with E-state index >= 15 is 0 Å². The maximum atomic E-state index is 12.4. The Labute approximate surface area is 117 Å². The number of Topliss-reactive ketones (excluding diaryl/α,β-unsaturated/α-hetero) is 2. The van der Waals surface area contributed by atoms with E-state index in [1.807, 2.05) is 6.07 Å². The van der Waals surface area contributed by atoms with Crippen molar-refractivity contribution in [3.8, 4) is 0 Å². The van der Waals surface area contributed by atoms with Gasteiger partial charge in [0.2, 0.25) is 0 Å². The first-order valence-corrected chi connectivity index (χ1v) is 6.26. The minimum absolute atomic E-state index is 0.171. The number of benzene rings is 2. The molecule has 3 heteroatoms. The molecule has 0 saturated carbocycles. The molecule has 0 amide bonds. The van der Waals surface area contributed by atoms with Gasteiger partial charge in [0.15, 0.2) is 17.3 Å². The lowest BCUT2D eigenvalue weighted by atomic mass is 9.96. The molecule has 2 aromatic carbocycles. The van der Waals surface area contributed by atoms with Crippen molar-refractivity contribution in [2.24, 2.45) is 0 Å². The Morgan fingerprint density at radius 2 is 1.10 bits per heavy atom. The molecule has 0 aliphatic carbocycles. The van der Waals surface area contributed by atoms with Crippen molar-refractivity contribution >= 4 is 17.3 Å². The highest BCUT2D eigenvalue weighted by molar-refractivity contribution is 6.11. The summed E-state index contributed by atoms with van der Waals surface area (Å²) in [5, 5.41) is 0. The van der Waals surface area contributed by atoms with E-state index in [4.69, 9.17) is 0 Å². The molecule has 100 valence electrons. The van der Waals surface area contributed by atoms with Crippen LogP contribution in [0.2, 0.25) is 0 Å². The highest BCUT2D eigenvalue weighted by Gasteiger charge is 2.14. The lowest BCUT2D eigenvalue weighted by Gasteiger charge is -2.06. The number of carbonyl (C=O) groups is 3. The van der Waals surface area contributed by atoms with Crippen molar-refractivity contribution in [3.63, 3.8) is 0 Å². The van der Waals surface area contributed by atoms with Crippen LogP contribution in [-0.2, 0) is 0 Å². The van der Waals surface area contributed by atoms with Crippen LogP contribution < -0.4 is 0 Å². The fourth-order valence-electron chi connectivity index (χ4n) is 1.92. The summed E-state index contributed by atoms with van der Waals surface area (Å²) in [7, 11) is 0. The summed E-state index contributed by atoms with van der Waals surface area (Å²) in [6.07, 6.45) is 0. The first-order valence-electron chi connectivity index (χ1n) is 6.26. The predicted octanol–water partition coefficient (Wildman–Crippen LogP) is 3.32. The van der Waals surface area contributed by atoms with Gasteiger partial charge in [-0.3, -0.25) is 14.4 Å². The van der Waals surface area contributed by atoms with Crippen molar-refractivity contribution in [3.05, 3.63) is 70.8 Å². The van der Waals surface area contributed by atoms with Gasteiger partial charge in [0.1, 0.15) is 0 Å². The van der Waals surface area contributed by atoms with Gasteiger partial charge in [-0.1, -0.05) is 30.3 Å². The van der Waals surface area contributed by atoms with E-state index in [2.05, 4.69) is 0 Å². The summed E-state index contributed by atoms with van der Waals surface area (Å²) in [5.74, 6) is -0.540. The van der Waals surface area contributed by atoms with Gasteiger partial charge in [0.25, 0.3) is 0 Å². The van der Waals surface area contributed by atoms with Crippen LogP contribution in [-0.4, -0.2) is 17.3 Å². The van der Waals surface area contributed by atoms with Gasteiger partial charge in [-0.05, 0) is 32.0 Å². The topological polar surface area (TPSA) is 51.2 Å². The Morgan fingerprint density at radius 3 is 1.55 bits per heavy atom. The lowest BCUT2D eigenvalue weighted by Crippen LogP contribution is -2.06. The number of hydrogen-bond acceptors (Lipinski definition) is 3. The highest BCUT2D eigenvalue weighted by Crippen LogP contribution is 2.16. The minimum Gasteiger partial charge on any atom is -0.295 e. The first-order chi connectivity index (χ1) is 9.49. The van der Waals surface area contributed by atoms with Gasteiger partial charge in [0, 0.05) is 22.3 Å². The predicted molar refractivity (Wildman–Crippen MR) is 76.3 cm³/mol. The van der Waals surface area contributed by atoms with E-state index < -0.39 is 0 Å². The second-order valence-electron chi connectivity index (χ2n) is 4.61. The van der Waals surface area contributed by atoms with Gasteiger partial charge >= 0.3 is 0 Å². The monoisotopic (exact) mass is 266 g/mol. The quantitative estimate of drug-likeness (QED) is 0.798. The SMILES string of the molecule is CC(=O)c1cc(C(C)=O)cc(C(=O)c2ccccc2)c1. The molecule has 2 rings (SSSR count). The Balaban J connectivity index is 2.53. The molecule has 0 spiro atoms. The largest absolute Gasteiger partial charge is 0.295 e. The summed E-state index contributed by atoms with van der Waals surface area (Å²) in [5.41, 5.74) is 1.63. The third-order valence-electron chi connectivity index (χ3n) is 3.04. The third kappa shape index (κ3) is 2.88. The molecule has 0 aromatic heterocycles. The number of rotatable bonds is 4. The number of ketones is 3. The molecule has 0 aliphatic rings. The molecule has 0 heterocycles. The lowest BCUT2D eigenvalue weighted by molar-refractivity contribution is 0.101. The summed E-state index contributed by atoms with van der Waals surface area (Å²) < 4.78 is 0. The molecule has 0 radical (unpaired) electrons. The molecule has 0 atom stereocenters. The molecular weight excluding hydrogens is 252 g/mol. The maximum absolute atomic E-state index is 12.4. The molecule has 0 saturated heterocycles. The zero-order chi connectivity index (χ0) is 14.7. The molecule has 3 nitrogen and oxygen atoms in total. The van der Waals surface area contributed by atoms with Crippen LogP contribution in [0, 0.1) is 0 Å². The molecule has 2 aromatic rings. The van der Waals surface area contributed by atoms with Crippen LogP contribution in [0.25, 0.3) is 0 Å². The van der Waals surface area contributed by atoms with Crippen molar-refractivity contribution in [2.75, 3.05) is 0 Å². The summed E-state index contributed by atoms with van der Waals surface area (Å²) >= 11 is 0. The van der Waals surface area contributed by atoms with E-state index in [-0.39, 0.29) is 17.3 Å². The maximum Gasteiger partial charge on any atom is 0.193 e. The van der Waals surface area contributed by atoms with Crippen LogP contribution in [0.4, 0.5) is 0 Å². The van der Waals surface area contributed by atoms with Gasteiger partial charge in [-0.25, -0.2) is 0 Å². The average molecular weight is 266 g/mol. The van der Waals surface area contributed by atoms with E-state index in [0.717, 1.165) is 0 Å². The molecule has 20 heavy (non-hydrogen) atoms. The zero-order valence-electron chi connectivity index (χ0n) is 11.3. The van der Waals surface area contributed by atoms with Gasteiger partial charge in [-0.2, -0.15) is 0 Å². The van der Waals surface area contributed by atoms with Gasteiger partial charge < -0.3 is 0 Å². The highest BCUT2D eigenvalue weighted by atomic mass is 16.1. The second kappa shape index (κ2) is 5.61. The summed E-state index contributed by atoms with van der Waals surface area (Å²) in [6.45, 7) is 2.83. The van der Waals surface area contributed by atoms with Crippen molar-refractivity contribution in [1.82, 2.24) is 0 Å². The first kappa shape index (κ1) is 13.9. The van der Waals surface area contributed by atoms with Gasteiger partial charge in [0.05, 0.1) is 0 Å². The van der Waals surface area contributed by atoms with Crippen LogP contribution in [0.1, 0.15) is 50.5 Å². The van der Waals surface area contributed by atoms with Crippen molar-refractivity contribution in [2.45, 2.75) is 13.8 Å². The Kier molecular flexibility index (Phi) is 3.89. The van der Waals surface area contributed by atoms with E-state index in [0.29, 0.717) is 22.3 Å². The van der Waals surface area contributed by atoms with Crippen LogP contribution in [0.3, 0.4) is 0 Å². The summed E-state index contributed by atoms with van der Waals surface area (Å²) in [4.78, 5) is 35.4. The standard InChI is InChI=1S/C17H14O3/c1-11(18)14-8-15(12(2)19)10-16(9-14)17(20)13-6-4-3-5-7-13/h3-10H,1-2H3. The Hall–Kier alpha value is -2.55. The fraction of sp³-hybridized carbons (Fsp3) is 0.118. The van der Waals surface area contributed by atoms with Crippen molar-refractivity contribution < 1.29 is 14.4 Å². The smallest absolute Gasteiger partial charge is 0.193 e. The summed E-state index contributed by atoms with van der Waals surface area (Å²) in [6, 6.07) is 13.4. The van der Waals surface area contributed by atoms with E-state index in [1.54, 1.807) is 24.3 Å². The molecule has 0 bridgehead atoms. The Morgan fingerprint density at radius 1 is 0.650 bits per heavy atom. The van der Waals surface area contributed by atoms with Crippen molar-refractivity contribution in [1.29, 1.82) is 0 Å². The van der Waals surface area contributed by atoms with Crippen LogP contribution in [0.5, 0.6) is 0 Å².